The molecule has 11 heteroatoms. The van der Waals surface area contributed by atoms with E-state index in [0.29, 0.717) is 0 Å². The highest BCUT2D eigenvalue weighted by Gasteiger charge is 2.26. The second-order valence-corrected chi connectivity index (χ2v) is 7.34. The number of anilines is 1. The van der Waals surface area contributed by atoms with E-state index < -0.39 is 28.1 Å². The van der Waals surface area contributed by atoms with Gasteiger partial charge in [-0.2, -0.15) is 0 Å². The molecule has 0 spiro atoms. The third-order valence-electron chi connectivity index (χ3n) is 4.20. The standard InChI is InChI=1S/C17H17FN6O3S/c1-8(12(25)11-13(19)23(2)17(27)24(3)15(11)26)28-16-20-14(21-22-16)9-6-4-5-7-10(9)18/h4-8H,19H2,1-3H3,(H,20,21,22). The molecule has 0 aliphatic heterocycles. The first kappa shape index (κ1) is 19.5. The lowest BCUT2D eigenvalue weighted by Crippen LogP contribution is -2.42. The van der Waals surface area contributed by atoms with Gasteiger partial charge in [-0.3, -0.25) is 23.8 Å². The van der Waals surface area contributed by atoms with Crippen LogP contribution in [0.1, 0.15) is 17.3 Å². The van der Waals surface area contributed by atoms with Gasteiger partial charge in [-0.25, -0.2) is 14.2 Å². The third kappa shape index (κ3) is 3.36. The van der Waals surface area contributed by atoms with E-state index in [4.69, 9.17) is 5.73 Å². The zero-order valence-electron chi connectivity index (χ0n) is 15.3. The monoisotopic (exact) mass is 404 g/mol. The summed E-state index contributed by atoms with van der Waals surface area (Å²) in [6.07, 6.45) is 0. The van der Waals surface area contributed by atoms with Gasteiger partial charge in [0.25, 0.3) is 5.56 Å². The summed E-state index contributed by atoms with van der Waals surface area (Å²) in [6.45, 7) is 1.57. The van der Waals surface area contributed by atoms with E-state index in [1.54, 1.807) is 25.1 Å². The quantitative estimate of drug-likeness (QED) is 0.478. The Labute approximate surface area is 162 Å². The van der Waals surface area contributed by atoms with Crippen molar-refractivity contribution in [1.82, 2.24) is 24.3 Å². The Morgan fingerprint density at radius 2 is 1.93 bits per heavy atom. The summed E-state index contributed by atoms with van der Waals surface area (Å²) in [4.78, 5) is 41.2. The molecule has 2 heterocycles. The Hall–Kier alpha value is -3.21. The number of aromatic nitrogens is 5. The van der Waals surface area contributed by atoms with Gasteiger partial charge in [0.1, 0.15) is 17.2 Å². The molecule has 2 aromatic heterocycles. The molecule has 28 heavy (non-hydrogen) atoms. The lowest BCUT2D eigenvalue weighted by atomic mass is 10.1. The number of thioether (sulfide) groups is 1. The van der Waals surface area contributed by atoms with Gasteiger partial charge in [0, 0.05) is 14.1 Å². The van der Waals surface area contributed by atoms with E-state index in [9.17, 15) is 18.8 Å². The number of carbonyl (C=O) groups excluding carboxylic acids is 1. The number of Topliss-reactive ketones (excluding diaryl/α,β-unsaturated/α-hetero) is 1. The Kier molecular flexibility index (Phi) is 5.18. The number of nitrogen functional groups attached to an aromatic ring is 1. The van der Waals surface area contributed by atoms with Gasteiger partial charge in [0.2, 0.25) is 5.16 Å². The smallest absolute Gasteiger partial charge is 0.332 e. The van der Waals surface area contributed by atoms with E-state index in [0.717, 1.165) is 20.9 Å². The second-order valence-electron chi connectivity index (χ2n) is 6.04. The largest absolute Gasteiger partial charge is 0.384 e. The van der Waals surface area contributed by atoms with Crippen LogP contribution < -0.4 is 17.0 Å². The van der Waals surface area contributed by atoms with Crippen molar-refractivity contribution in [2.45, 2.75) is 17.3 Å². The zero-order valence-corrected chi connectivity index (χ0v) is 16.1. The summed E-state index contributed by atoms with van der Waals surface area (Å²) < 4.78 is 15.7. The Balaban J connectivity index is 1.88. The number of nitrogens with zero attached hydrogens (tertiary/aromatic N) is 4. The molecule has 0 aliphatic carbocycles. The maximum absolute atomic E-state index is 13.9. The Morgan fingerprint density at radius 3 is 2.61 bits per heavy atom. The molecule has 0 saturated carbocycles. The first-order valence-electron chi connectivity index (χ1n) is 8.16. The van der Waals surface area contributed by atoms with E-state index in [2.05, 4.69) is 15.2 Å². The molecule has 0 amide bonds. The minimum atomic E-state index is -0.767. The number of aromatic amines is 1. The van der Waals surface area contributed by atoms with Crippen LogP contribution in [0, 0.1) is 5.82 Å². The first-order valence-corrected chi connectivity index (χ1v) is 9.04. The SMILES string of the molecule is CC(Sc1n[nH]c(-c2ccccc2F)n1)C(=O)c1c(N)n(C)c(=O)n(C)c1=O. The molecule has 0 fully saturated rings. The summed E-state index contributed by atoms with van der Waals surface area (Å²) in [5.41, 5.74) is 4.41. The van der Waals surface area contributed by atoms with Crippen molar-refractivity contribution < 1.29 is 9.18 Å². The average Bonchev–Trinajstić information content (AvgIpc) is 3.13. The van der Waals surface area contributed by atoms with Gasteiger partial charge in [0.15, 0.2) is 11.6 Å². The number of halogens is 1. The second kappa shape index (κ2) is 7.43. The summed E-state index contributed by atoms with van der Waals surface area (Å²) in [7, 11) is 2.65. The van der Waals surface area contributed by atoms with Crippen molar-refractivity contribution in [2.75, 3.05) is 5.73 Å². The molecule has 9 nitrogen and oxygen atoms in total. The number of hydrogen-bond acceptors (Lipinski definition) is 7. The molecule has 1 aromatic carbocycles. The maximum Gasteiger partial charge on any atom is 0.332 e. The number of benzene rings is 1. The Bertz CT molecular complexity index is 1180. The number of H-pyrrole nitrogens is 1. The number of ketones is 1. The minimum absolute atomic E-state index is 0.201. The van der Waals surface area contributed by atoms with Crippen LogP contribution in [-0.4, -0.2) is 35.3 Å². The molecule has 3 aromatic rings. The number of rotatable bonds is 5. The van der Waals surface area contributed by atoms with E-state index in [1.807, 2.05) is 0 Å². The van der Waals surface area contributed by atoms with Crippen LogP contribution in [0.15, 0.2) is 39.0 Å². The molecule has 3 N–H and O–H groups in total. The van der Waals surface area contributed by atoms with Crippen LogP contribution in [0.3, 0.4) is 0 Å². The van der Waals surface area contributed by atoms with Gasteiger partial charge in [-0.15, -0.1) is 5.10 Å². The summed E-state index contributed by atoms with van der Waals surface area (Å²) in [5.74, 6) is -0.998. The average molecular weight is 404 g/mol. The number of carbonyl (C=O) groups is 1. The Morgan fingerprint density at radius 1 is 1.25 bits per heavy atom. The fourth-order valence-corrected chi connectivity index (χ4v) is 3.36. The number of hydrogen-bond donors (Lipinski definition) is 2. The normalized spacial score (nSPS) is 12.1. The van der Waals surface area contributed by atoms with E-state index in [-0.39, 0.29) is 27.9 Å². The molecule has 1 atom stereocenters. The highest BCUT2D eigenvalue weighted by Crippen LogP contribution is 2.26. The molecule has 0 aliphatic rings. The molecular weight excluding hydrogens is 387 g/mol. The van der Waals surface area contributed by atoms with Crippen LogP contribution in [0.25, 0.3) is 11.4 Å². The van der Waals surface area contributed by atoms with Gasteiger partial charge in [-0.1, -0.05) is 23.9 Å². The van der Waals surface area contributed by atoms with Crippen molar-refractivity contribution in [3.05, 3.63) is 56.5 Å². The summed E-state index contributed by atoms with van der Waals surface area (Å²) in [5, 5.41) is 6.05. The summed E-state index contributed by atoms with van der Waals surface area (Å²) in [6, 6.07) is 6.07. The predicted octanol–water partition coefficient (Wildman–Crippen LogP) is 0.954. The predicted molar refractivity (Wildman–Crippen MR) is 103 cm³/mol. The van der Waals surface area contributed by atoms with Crippen molar-refractivity contribution in [3.63, 3.8) is 0 Å². The molecule has 1 unspecified atom stereocenters. The van der Waals surface area contributed by atoms with Crippen molar-refractivity contribution in [1.29, 1.82) is 0 Å². The molecule has 146 valence electrons. The van der Waals surface area contributed by atoms with Gasteiger partial charge >= 0.3 is 5.69 Å². The van der Waals surface area contributed by atoms with Crippen LogP contribution in [-0.2, 0) is 14.1 Å². The fraction of sp³-hybridized carbons (Fsp3) is 0.235. The van der Waals surface area contributed by atoms with Crippen molar-refractivity contribution >= 4 is 23.4 Å². The topological polar surface area (TPSA) is 129 Å². The lowest BCUT2D eigenvalue weighted by molar-refractivity contribution is 0.0992. The molecule has 3 rings (SSSR count). The fourth-order valence-electron chi connectivity index (χ4n) is 2.58. The lowest BCUT2D eigenvalue weighted by Gasteiger charge is -2.13. The highest BCUT2D eigenvalue weighted by atomic mass is 32.2. The van der Waals surface area contributed by atoms with E-state index in [1.165, 1.54) is 20.2 Å². The van der Waals surface area contributed by atoms with E-state index >= 15 is 0 Å². The van der Waals surface area contributed by atoms with Gasteiger partial charge < -0.3 is 5.73 Å². The number of nitrogens with one attached hydrogen (secondary N) is 1. The third-order valence-corrected chi connectivity index (χ3v) is 5.16. The van der Waals surface area contributed by atoms with Crippen LogP contribution in [0.2, 0.25) is 0 Å². The minimum Gasteiger partial charge on any atom is -0.384 e. The molecule has 0 bridgehead atoms. The zero-order chi connectivity index (χ0) is 20.6. The highest BCUT2D eigenvalue weighted by molar-refractivity contribution is 8.00. The van der Waals surface area contributed by atoms with Crippen LogP contribution >= 0.6 is 11.8 Å². The van der Waals surface area contributed by atoms with Crippen molar-refractivity contribution in [2.24, 2.45) is 14.1 Å². The maximum atomic E-state index is 13.9. The first-order chi connectivity index (χ1) is 13.2. The molecule has 0 saturated heterocycles. The van der Waals surface area contributed by atoms with Crippen LogP contribution in [0.4, 0.5) is 10.2 Å². The van der Waals surface area contributed by atoms with Gasteiger partial charge in [0.05, 0.1) is 10.8 Å². The van der Waals surface area contributed by atoms with Gasteiger partial charge in [-0.05, 0) is 19.1 Å². The van der Waals surface area contributed by atoms with Crippen LogP contribution in [0.5, 0.6) is 0 Å². The molecule has 0 radical (unpaired) electrons. The summed E-state index contributed by atoms with van der Waals surface area (Å²) >= 11 is 0.985. The number of nitrogens with two attached hydrogens (primary N) is 1. The van der Waals surface area contributed by atoms with Crippen molar-refractivity contribution in [3.8, 4) is 11.4 Å². The molecular formula is C17H17FN6O3S.